The zero-order valence-electron chi connectivity index (χ0n) is 15.4. The van der Waals surface area contributed by atoms with Crippen LogP contribution in [0.4, 0.5) is 0 Å². The van der Waals surface area contributed by atoms with Gasteiger partial charge in [-0.3, -0.25) is 9.69 Å². The van der Waals surface area contributed by atoms with Crippen LogP contribution in [0.25, 0.3) is 10.2 Å². The van der Waals surface area contributed by atoms with Crippen molar-refractivity contribution in [3.05, 3.63) is 28.8 Å². The summed E-state index contributed by atoms with van der Waals surface area (Å²) in [5.74, 6) is 0.915. The molecule has 0 N–H and O–H groups in total. The molecule has 2 aromatic rings. The summed E-state index contributed by atoms with van der Waals surface area (Å²) in [4.78, 5) is 21.9. The molecule has 4 rings (SSSR count). The van der Waals surface area contributed by atoms with Crippen molar-refractivity contribution < 1.29 is 9.53 Å². The Hall–Kier alpha value is -1.50. The Morgan fingerprint density at radius 3 is 2.77 bits per heavy atom. The van der Waals surface area contributed by atoms with Crippen LogP contribution < -0.4 is 0 Å². The lowest BCUT2D eigenvalue weighted by Gasteiger charge is -2.34. The average molecular weight is 374 g/mol. The fourth-order valence-electron chi connectivity index (χ4n) is 3.97. The van der Waals surface area contributed by atoms with Gasteiger partial charge in [0.2, 0.25) is 0 Å². The van der Waals surface area contributed by atoms with Crippen molar-refractivity contribution >= 4 is 27.5 Å². The Kier molecular flexibility index (Phi) is 5.52. The molecular formula is C20H27N3O2S. The summed E-state index contributed by atoms with van der Waals surface area (Å²) in [6.07, 6.45) is 3.49. The molecule has 0 radical (unpaired) electrons. The maximum atomic E-state index is 12.9. The molecule has 0 aliphatic carbocycles. The van der Waals surface area contributed by atoms with Crippen LogP contribution in [0.1, 0.15) is 34.6 Å². The number of morpholine rings is 1. The van der Waals surface area contributed by atoms with Gasteiger partial charge in [-0.25, -0.2) is 4.98 Å². The second kappa shape index (κ2) is 8.03. The highest BCUT2D eigenvalue weighted by molar-refractivity contribution is 7.18. The van der Waals surface area contributed by atoms with E-state index in [4.69, 9.17) is 4.74 Å². The largest absolute Gasteiger partial charge is 0.379 e. The molecule has 0 atom stereocenters. The summed E-state index contributed by atoms with van der Waals surface area (Å²) in [5.41, 5.74) is 1.79. The Bertz CT molecular complexity index is 762. The van der Waals surface area contributed by atoms with Crippen molar-refractivity contribution in [1.82, 2.24) is 14.8 Å². The molecule has 0 saturated carbocycles. The van der Waals surface area contributed by atoms with Gasteiger partial charge in [-0.05, 0) is 56.8 Å². The summed E-state index contributed by atoms with van der Waals surface area (Å²) >= 11 is 1.66. The van der Waals surface area contributed by atoms with Crippen LogP contribution in [-0.2, 0) is 4.74 Å². The smallest absolute Gasteiger partial charge is 0.253 e. The van der Waals surface area contributed by atoms with Crippen LogP contribution >= 0.6 is 11.3 Å². The molecule has 0 bridgehead atoms. The summed E-state index contributed by atoms with van der Waals surface area (Å²) in [5, 5.41) is 1.05. The van der Waals surface area contributed by atoms with Crippen molar-refractivity contribution in [2.24, 2.45) is 5.92 Å². The van der Waals surface area contributed by atoms with Gasteiger partial charge >= 0.3 is 0 Å². The van der Waals surface area contributed by atoms with Gasteiger partial charge in [0.1, 0.15) is 0 Å². The summed E-state index contributed by atoms with van der Waals surface area (Å²) in [6.45, 7) is 8.82. The van der Waals surface area contributed by atoms with Gasteiger partial charge in [0.05, 0.1) is 28.4 Å². The van der Waals surface area contributed by atoms with Crippen LogP contribution in [0.3, 0.4) is 0 Å². The van der Waals surface area contributed by atoms with E-state index in [9.17, 15) is 4.79 Å². The highest BCUT2D eigenvalue weighted by Gasteiger charge is 2.24. The van der Waals surface area contributed by atoms with E-state index in [2.05, 4.69) is 9.88 Å². The van der Waals surface area contributed by atoms with Gasteiger partial charge in [-0.2, -0.15) is 0 Å². The fraction of sp³-hybridized carbons (Fsp3) is 0.600. The van der Waals surface area contributed by atoms with Crippen molar-refractivity contribution in [3.63, 3.8) is 0 Å². The van der Waals surface area contributed by atoms with Crippen LogP contribution in [0.15, 0.2) is 18.2 Å². The molecule has 2 fully saturated rings. The van der Waals surface area contributed by atoms with Crippen molar-refractivity contribution in [2.45, 2.75) is 26.2 Å². The van der Waals surface area contributed by atoms with E-state index in [0.29, 0.717) is 0 Å². The number of benzene rings is 1. The van der Waals surface area contributed by atoms with Crippen LogP contribution in [-0.4, -0.2) is 66.6 Å². The Morgan fingerprint density at radius 2 is 2.00 bits per heavy atom. The number of nitrogens with zero attached hydrogens (tertiary/aromatic N) is 3. The van der Waals surface area contributed by atoms with Gasteiger partial charge in [-0.15, -0.1) is 11.3 Å². The molecule has 0 unspecified atom stereocenters. The molecule has 2 aliphatic rings. The number of hydrogen-bond acceptors (Lipinski definition) is 5. The summed E-state index contributed by atoms with van der Waals surface area (Å²) < 4.78 is 6.52. The highest BCUT2D eigenvalue weighted by atomic mass is 32.1. The molecule has 1 amide bonds. The number of amides is 1. The second-order valence-electron chi connectivity index (χ2n) is 7.39. The number of thiazole rings is 1. The van der Waals surface area contributed by atoms with Crippen LogP contribution in [0.2, 0.25) is 0 Å². The van der Waals surface area contributed by atoms with E-state index in [1.165, 1.54) is 13.0 Å². The zero-order chi connectivity index (χ0) is 17.9. The standard InChI is InChI=1S/C20H27N3O2S/c1-15-21-18-3-2-17(14-19(18)26-15)20(24)23-8-5-16(6-9-23)4-7-22-10-12-25-13-11-22/h2-3,14,16H,4-13H2,1H3. The molecule has 0 spiro atoms. The molecule has 2 aliphatic heterocycles. The minimum Gasteiger partial charge on any atom is -0.379 e. The number of carbonyl (C=O) groups excluding carboxylic acids is 1. The third-order valence-electron chi connectivity index (χ3n) is 5.60. The zero-order valence-corrected chi connectivity index (χ0v) is 16.3. The molecule has 2 saturated heterocycles. The Morgan fingerprint density at radius 1 is 1.23 bits per heavy atom. The summed E-state index contributed by atoms with van der Waals surface area (Å²) in [6, 6.07) is 5.91. The Labute approximate surface area is 159 Å². The van der Waals surface area contributed by atoms with Crippen LogP contribution in [0, 0.1) is 12.8 Å². The topological polar surface area (TPSA) is 45.7 Å². The van der Waals surface area contributed by atoms with E-state index in [1.54, 1.807) is 11.3 Å². The van der Waals surface area contributed by atoms with Crippen LogP contribution in [0.5, 0.6) is 0 Å². The predicted octanol–water partition coefficient (Wildman–Crippen LogP) is 3.18. The molecule has 140 valence electrons. The lowest BCUT2D eigenvalue weighted by Crippen LogP contribution is -2.40. The SMILES string of the molecule is Cc1nc2ccc(C(=O)N3CCC(CCN4CCOCC4)CC3)cc2s1. The van der Waals surface area contributed by atoms with Gasteiger partial charge in [0, 0.05) is 31.7 Å². The first kappa shape index (κ1) is 17.9. The minimum absolute atomic E-state index is 0.171. The van der Waals surface area contributed by atoms with E-state index in [0.717, 1.165) is 78.9 Å². The number of aryl methyl sites for hydroxylation is 1. The number of likely N-dealkylation sites (tertiary alicyclic amines) is 1. The molecule has 1 aromatic carbocycles. The molecule has 5 nitrogen and oxygen atoms in total. The first-order valence-corrected chi connectivity index (χ1v) is 10.5. The maximum Gasteiger partial charge on any atom is 0.253 e. The minimum atomic E-state index is 0.171. The molecule has 6 heteroatoms. The van der Waals surface area contributed by atoms with Gasteiger partial charge in [-0.1, -0.05) is 0 Å². The third-order valence-corrected chi connectivity index (χ3v) is 6.53. The number of rotatable bonds is 4. The van der Waals surface area contributed by atoms with Crippen molar-refractivity contribution in [3.8, 4) is 0 Å². The van der Waals surface area contributed by atoms with E-state index >= 15 is 0 Å². The average Bonchev–Trinajstić information content (AvgIpc) is 3.06. The van der Waals surface area contributed by atoms with E-state index in [-0.39, 0.29) is 5.91 Å². The first-order valence-electron chi connectivity index (χ1n) is 9.65. The number of ether oxygens (including phenoxy) is 1. The Balaban J connectivity index is 1.29. The number of piperidine rings is 1. The highest BCUT2D eigenvalue weighted by Crippen LogP contribution is 2.25. The molecule has 26 heavy (non-hydrogen) atoms. The van der Waals surface area contributed by atoms with E-state index in [1.807, 2.05) is 30.0 Å². The fourth-order valence-corrected chi connectivity index (χ4v) is 4.84. The molecule has 3 heterocycles. The monoisotopic (exact) mass is 373 g/mol. The van der Waals surface area contributed by atoms with Crippen molar-refractivity contribution in [1.29, 1.82) is 0 Å². The van der Waals surface area contributed by atoms with Crippen molar-refractivity contribution in [2.75, 3.05) is 45.9 Å². The maximum absolute atomic E-state index is 12.9. The number of aromatic nitrogens is 1. The lowest BCUT2D eigenvalue weighted by molar-refractivity contribution is 0.0332. The normalized spacial score (nSPS) is 20.0. The summed E-state index contributed by atoms with van der Waals surface area (Å²) in [7, 11) is 0. The van der Waals surface area contributed by atoms with Gasteiger partial charge in [0.25, 0.3) is 5.91 Å². The molecule has 1 aromatic heterocycles. The second-order valence-corrected chi connectivity index (χ2v) is 8.63. The quantitative estimate of drug-likeness (QED) is 0.826. The lowest BCUT2D eigenvalue weighted by atomic mass is 9.93. The van der Waals surface area contributed by atoms with Gasteiger partial charge < -0.3 is 9.64 Å². The number of carbonyl (C=O) groups is 1. The molecular weight excluding hydrogens is 346 g/mol. The first-order chi connectivity index (χ1) is 12.7. The van der Waals surface area contributed by atoms with Gasteiger partial charge in [0.15, 0.2) is 0 Å². The third kappa shape index (κ3) is 4.08. The number of fused-ring (bicyclic) bond motifs is 1. The van der Waals surface area contributed by atoms with E-state index < -0.39 is 0 Å². The number of hydrogen-bond donors (Lipinski definition) is 0. The predicted molar refractivity (Wildman–Crippen MR) is 105 cm³/mol.